The van der Waals surface area contributed by atoms with E-state index in [2.05, 4.69) is 5.32 Å². The summed E-state index contributed by atoms with van der Waals surface area (Å²) in [5, 5.41) is 2.41. The zero-order valence-corrected chi connectivity index (χ0v) is 14.1. The quantitative estimate of drug-likeness (QED) is 0.549. The second-order valence-corrected chi connectivity index (χ2v) is 5.41. The molecule has 132 valence electrons. The third-order valence-electron chi connectivity index (χ3n) is 2.90. The molecule has 0 saturated heterocycles. The van der Waals surface area contributed by atoms with Gasteiger partial charge in [-0.15, -0.1) is 0 Å². The summed E-state index contributed by atoms with van der Waals surface area (Å²) in [6, 6.07) is -1.33. The normalized spacial score (nSPS) is 13.1. The lowest BCUT2D eigenvalue weighted by Gasteiger charge is -2.24. The Morgan fingerprint density at radius 1 is 1.00 bits per heavy atom. The minimum absolute atomic E-state index is 0.0645. The molecule has 23 heavy (non-hydrogen) atoms. The number of amides is 2. The lowest BCUT2D eigenvalue weighted by Crippen LogP contribution is -2.52. The molecule has 8 heteroatoms. The summed E-state index contributed by atoms with van der Waals surface area (Å²) in [7, 11) is 0. The molecule has 0 heterocycles. The Morgan fingerprint density at radius 2 is 1.57 bits per heavy atom. The molecule has 2 amide bonds. The summed E-state index contributed by atoms with van der Waals surface area (Å²) in [5.74, 6) is -3.95. The van der Waals surface area contributed by atoms with Crippen molar-refractivity contribution >= 4 is 23.8 Å². The standard InChI is InChI=1S/C15H26N2O6/c1-5-22-12(19)8-10(15(21)23-6-2)13(14(16)20)17-11(18)7-9(3)4/h9-10,13H,5-8H2,1-4H3,(H2,16,20)(H,17,18)/t10-,13+/m1/s1. The van der Waals surface area contributed by atoms with Crippen molar-refractivity contribution in [3.63, 3.8) is 0 Å². The van der Waals surface area contributed by atoms with Crippen LogP contribution in [-0.2, 0) is 28.7 Å². The second-order valence-electron chi connectivity index (χ2n) is 5.41. The van der Waals surface area contributed by atoms with Crippen molar-refractivity contribution in [2.45, 2.75) is 46.6 Å². The number of hydrogen-bond acceptors (Lipinski definition) is 6. The van der Waals surface area contributed by atoms with Gasteiger partial charge in [0.15, 0.2) is 0 Å². The molecule has 0 aliphatic rings. The van der Waals surface area contributed by atoms with E-state index < -0.39 is 42.1 Å². The molecule has 2 atom stereocenters. The molecule has 0 aromatic heterocycles. The fourth-order valence-corrected chi connectivity index (χ4v) is 1.96. The highest BCUT2D eigenvalue weighted by atomic mass is 16.5. The fourth-order valence-electron chi connectivity index (χ4n) is 1.96. The highest BCUT2D eigenvalue weighted by Crippen LogP contribution is 2.14. The Labute approximate surface area is 136 Å². The van der Waals surface area contributed by atoms with Gasteiger partial charge in [-0.3, -0.25) is 19.2 Å². The first-order valence-electron chi connectivity index (χ1n) is 7.63. The summed E-state index contributed by atoms with van der Waals surface area (Å²) in [5.41, 5.74) is 5.29. The molecule has 0 unspecified atom stereocenters. The molecule has 0 radical (unpaired) electrons. The Kier molecular flexibility index (Phi) is 9.60. The summed E-state index contributed by atoms with van der Waals surface area (Å²) in [6.07, 6.45) is -0.235. The number of ether oxygens (including phenoxy) is 2. The molecule has 0 aromatic rings. The Morgan fingerprint density at radius 3 is 2.00 bits per heavy atom. The molecule has 0 fully saturated rings. The van der Waals surface area contributed by atoms with E-state index in [0.29, 0.717) is 0 Å². The predicted molar refractivity (Wildman–Crippen MR) is 82.0 cm³/mol. The van der Waals surface area contributed by atoms with Crippen LogP contribution in [-0.4, -0.2) is 43.0 Å². The van der Waals surface area contributed by atoms with Gasteiger partial charge >= 0.3 is 11.9 Å². The smallest absolute Gasteiger partial charge is 0.312 e. The maximum atomic E-state index is 12.0. The van der Waals surface area contributed by atoms with Crippen LogP contribution in [0.3, 0.4) is 0 Å². The van der Waals surface area contributed by atoms with E-state index in [4.69, 9.17) is 15.2 Å². The molecule has 8 nitrogen and oxygen atoms in total. The van der Waals surface area contributed by atoms with E-state index in [1.807, 2.05) is 13.8 Å². The molecule has 0 saturated carbocycles. The van der Waals surface area contributed by atoms with Crippen molar-refractivity contribution < 1.29 is 28.7 Å². The SMILES string of the molecule is CCOC(=O)C[C@@H](C(=O)OCC)[C@H](NC(=O)CC(C)C)C(N)=O. The van der Waals surface area contributed by atoms with Crippen molar-refractivity contribution in [3.05, 3.63) is 0 Å². The Hall–Kier alpha value is -2.12. The lowest BCUT2D eigenvalue weighted by atomic mass is 9.95. The molecular formula is C15H26N2O6. The third kappa shape index (κ3) is 8.18. The maximum Gasteiger partial charge on any atom is 0.312 e. The lowest BCUT2D eigenvalue weighted by molar-refractivity contribution is -0.157. The first-order valence-corrected chi connectivity index (χ1v) is 7.63. The number of esters is 2. The first kappa shape index (κ1) is 20.9. The van der Waals surface area contributed by atoms with Crippen LogP contribution >= 0.6 is 0 Å². The summed E-state index contributed by atoms with van der Waals surface area (Å²) in [6.45, 7) is 7.09. The van der Waals surface area contributed by atoms with Crippen LogP contribution in [0.2, 0.25) is 0 Å². The van der Waals surface area contributed by atoms with Gasteiger partial charge in [0.1, 0.15) is 6.04 Å². The molecular weight excluding hydrogens is 304 g/mol. The van der Waals surface area contributed by atoms with E-state index in [0.717, 1.165) is 0 Å². The number of rotatable bonds is 10. The molecule has 0 spiro atoms. The van der Waals surface area contributed by atoms with Gasteiger partial charge in [0.2, 0.25) is 11.8 Å². The van der Waals surface area contributed by atoms with Crippen molar-refractivity contribution in [1.29, 1.82) is 0 Å². The third-order valence-corrected chi connectivity index (χ3v) is 2.90. The van der Waals surface area contributed by atoms with Crippen molar-refractivity contribution in [2.24, 2.45) is 17.6 Å². The number of nitrogens with two attached hydrogens (primary N) is 1. The van der Waals surface area contributed by atoms with Crippen LogP contribution in [0.5, 0.6) is 0 Å². The topological polar surface area (TPSA) is 125 Å². The molecule has 0 aliphatic carbocycles. The van der Waals surface area contributed by atoms with Gasteiger partial charge in [0.25, 0.3) is 0 Å². The second kappa shape index (κ2) is 10.6. The van der Waals surface area contributed by atoms with Gasteiger partial charge < -0.3 is 20.5 Å². The monoisotopic (exact) mass is 330 g/mol. The fraction of sp³-hybridized carbons (Fsp3) is 0.733. The van der Waals surface area contributed by atoms with Crippen molar-refractivity contribution in [2.75, 3.05) is 13.2 Å². The number of primary amides is 1. The van der Waals surface area contributed by atoms with Crippen molar-refractivity contribution in [3.8, 4) is 0 Å². The van der Waals surface area contributed by atoms with Gasteiger partial charge in [0, 0.05) is 6.42 Å². The van der Waals surface area contributed by atoms with Crippen LogP contribution < -0.4 is 11.1 Å². The van der Waals surface area contributed by atoms with Gasteiger partial charge in [-0.2, -0.15) is 0 Å². The van der Waals surface area contributed by atoms with Crippen LogP contribution in [0.1, 0.15) is 40.5 Å². The highest BCUT2D eigenvalue weighted by molar-refractivity contribution is 5.92. The van der Waals surface area contributed by atoms with E-state index >= 15 is 0 Å². The summed E-state index contributed by atoms with van der Waals surface area (Å²) >= 11 is 0. The average Bonchev–Trinajstić information content (AvgIpc) is 2.42. The van der Waals surface area contributed by atoms with Crippen LogP contribution in [0, 0.1) is 11.8 Å². The number of hydrogen-bond donors (Lipinski definition) is 2. The van der Waals surface area contributed by atoms with Crippen molar-refractivity contribution in [1.82, 2.24) is 5.32 Å². The van der Waals surface area contributed by atoms with E-state index in [1.165, 1.54) is 0 Å². The zero-order valence-electron chi connectivity index (χ0n) is 14.1. The number of nitrogens with one attached hydrogen (secondary N) is 1. The Balaban J connectivity index is 5.22. The van der Waals surface area contributed by atoms with E-state index in [1.54, 1.807) is 13.8 Å². The molecule has 0 aliphatic heterocycles. The van der Waals surface area contributed by atoms with Crippen LogP contribution in [0.25, 0.3) is 0 Å². The largest absolute Gasteiger partial charge is 0.466 e. The van der Waals surface area contributed by atoms with E-state index in [9.17, 15) is 19.2 Å². The number of carbonyl (C=O) groups is 4. The van der Waals surface area contributed by atoms with Gasteiger partial charge in [-0.1, -0.05) is 13.8 Å². The van der Waals surface area contributed by atoms with Gasteiger partial charge in [0.05, 0.1) is 25.6 Å². The van der Waals surface area contributed by atoms with Gasteiger partial charge in [-0.25, -0.2) is 0 Å². The summed E-state index contributed by atoms with van der Waals surface area (Å²) < 4.78 is 9.66. The van der Waals surface area contributed by atoms with E-state index in [-0.39, 0.29) is 25.6 Å². The number of carbonyl (C=O) groups excluding carboxylic acids is 4. The minimum atomic E-state index is -1.33. The predicted octanol–water partition coefficient (Wildman–Crippen LogP) is 0.135. The van der Waals surface area contributed by atoms with Gasteiger partial charge in [-0.05, 0) is 19.8 Å². The first-order chi connectivity index (χ1) is 10.7. The molecule has 0 rings (SSSR count). The average molecular weight is 330 g/mol. The van der Waals surface area contributed by atoms with Crippen LogP contribution in [0.4, 0.5) is 0 Å². The zero-order chi connectivity index (χ0) is 18.0. The summed E-state index contributed by atoms with van der Waals surface area (Å²) in [4.78, 5) is 47.2. The van der Waals surface area contributed by atoms with Crippen LogP contribution in [0.15, 0.2) is 0 Å². The molecule has 0 bridgehead atoms. The highest BCUT2D eigenvalue weighted by Gasteiger charge is 2.37. The molecule has 0 aromatic carbocycles. The maximum absolute atomic E-state index is 12.0. The Bertz CT molecular complexity index is 436. The molecule has 3 N–H and O–H groups in total. The minimum Gasteiger partial charge on any atom is -0.466 e.